The van der Waals surface area contributed by atoms with Gasteiger partial charge in [0.25, 0.3) is 0 Å². The summed E-state index contributed by atoms with van der Waals surface area (Å²) >= 11 is 0. The highest BCUT2D eigenvalue weighted by molar-refractivity contribution is 6.08. The minimum Gasteiger partial charge on any atom is -1.00 e. The molecule has 0 aliphatic heterocycles. The fraction of sp³-hybridized carbons (Fsp3) is 0.353. The highest BCUT2D eigenvalue weighted by Gasteiger charge is 2.17. The van der Waals surface area contributed by atoms with E-state index in [1.807, 2.05) is 12.1 Å². The number of unbranched alkanes of at least 4 members (excludes halogenated alkanes) is 5. The number of benzene rings is 2. The fourth-order valence-corrected chi connectivity index (χ4v) is 6.16. The van der Waals surface area contributed by atoms with Gasteiger partial charge in [-0.3, -0.25) is 0 Å². The molecule has 0 amide bonds. The zero-order valence-corrected chi connectivity index (χ0v) is 28.1. The van der Waals surface area contributed by atoms with Gasteiger partial charge in [-0.25, -0.2) is 9.13 Å². The van der Waals surface area contributed by atoms with Gasteiger partial charge in [-0.2, -0.15) is 0 Å². The maximum atomic E-state index is 5.40. The summed E-state index contributed by atoms with van der Waals surface area (Å²) in [6.07, 6.45) is 12.0. The Morgan fingerprint density at radius 3 is 1.36 bits per heavy atom. The molecule has 2 aromatic carbocycles. The van der Waals surface area contributed by atoms with Crippen LogP contribution in [0.3, 0.4) is 0 Å². The van der Waals surface area contributed by atoms with Crippen molar-refractivity contribution in [2.75, 3.05) is 14.2 Å². The van der Waals surface area contributed by atoms with Gasteiger partial charge in [0.05, 0.1) is 25.3 Å². The molecule has 6 nitrogen and oxygen atoms in total. The number of hydrogen-bond acceptors (Lipinski definition) is 2. The molecule has 6 aromatic rings. The Kier molecular flexibility index (Phi) is 10.5. The van der Waals surface area contributed by atoms with Crippen molar-refractivity contribution in [1.29, 1.82) is 0 Å². The molecule has 4 aromatic heterocycles. The molecule has 4 heterocycles. The monoisotopic (exact) mass is 694 g/mol. The number of aromatic nitrogens is 4. The molecule has 8 heteroatoms. The molecule has 0 saturated carbocycles. The van der Waals surface area contributed by atoms with Crippen molar-refractivity contribution >= 4 is 43.6 Å². The van der Waals surface area contributed by atoms with E-state index in [2.05, 4.69) is 81.7 Å². The number of fused-ring (bicyclic) bond motifs is 6. The first-order valence-electron chi connectivity index (χ1n) is 14.5. The molecule has 0 radical (unpaired) electrons. The topological polar surface area (TPSA) is 57.8 Å². The molecule has 2 N–H and O–H groups in total. The van der Waals surface area contributed by atoms with Crippen LogP contribution >= 0.6 is 0 Å². The van der Waals surface area contributed by atoms with Crippen LogP contribution in [0.4, 0.5) is 0 Å². The maximum absolute atomic E-state index is 5.40. The lowest BCUT2D eigenvalue weighted by atomic mass is 10.1. The van der Waals surface area contributed by atoms with E-state index >= 15 is 0 Å². The maximum Gasteiger partial charge on any atom is 0.202 e. The van der Waals surface area contributed by atoms with Crippen molar-refractivity contribution in [2.24, 2.45) is 0 Å². The van der Waals surface area contributed by atoms with Gasteiger partial charge in [0, 0.05) is 72.5 Å². The Labute approximate surface area is 268 Å². The molecule has 0 aliphatic carbocycles. The lowest BCUT2D eigenvalue weighted by Gasteiger charge is -2.04. The van der Waals surface area contributed by atoms with E-state index in [1.165, 1.54) is 82.5 Å². The molecule has 0 bridgehead atoms. The van der Waals surface area contributed by atoms with Crippen LogP contribution in [-0.4, -0.2) is 24.2 Å². The largest absolute Gasteiger partial charge is 1.00 e. The first kappa shape index (κ1) is 31.8. The third-order valence-corrected chi connectivity index (χ3v) is 8.57. The lowest BCUT2D eigenvalue weighted by Crippen LogP contribution is -3.00. The molecule has 6 rings (SSSR count). The quantitative estimate of drug-likeness (QED) is 0.158. The summed E-state index contributed by atoms with van der Waals surface area (Å²) in [5.74, 6) is 1.77. The van der Waals surface area contributed by atoms with Crippen LogP contribution in [0, 0.1) is 13.8 Å². The van der Waals surface area contributed by atoms with Crippen LogP contribution in [0.25, 0.3) is 43.6 Å². The minimum absolute atomic E-state index is 0. The van der Waals surface area contributed by atoms with E-state index in [-0.39, 0.29) is 34.0 Å². The van der Waals surface area contributed by atoms with Crippen molar-refractivity contribution in [1.82, 2.24) is 9.97 Å². The number of ether oxygens (including phenoxy) is 2. The lowest BCUT2D eigenvalue weighted by molar-refractivity contribution is -0.702. The predicted octanol–water partition coefficient (Wildman–Crippen LogP) is 1.21. The first-order valence-corrected chi connectivity index (χ1v) is 14.5. The Balaban J connectivity index is 0.00000202. The SMILES string of the molecule is COc1ccc2c(c1)[nH]c1c(C)[n+](CCCCCCCC[n+]3ccc4c([nH]c5cc(OC)ccc54)c3C)ccc12.[Br-].[Br-]. The molecular formula is C34H40Br2N4O2. The standard InChI is InChI=1S/C34H38N4O2.2BrH/c1-23-33-29(27-13-11-25(39-3)21-31(27)35-33)15-19-37(23)17-9-7-5-6-8-10-18-38-20-16-30-28-14-12-26(40-4)22-32(28)36-34(30)24(38)2;;/h11-16,19-22H,5-10,17-18H2,1-4H3;2*1H. The average Bonchev–Trinajstić information content (AvgIpc) is 3.54. The van der Waals surface area contributed by atoms with Crippen molar-refractivity contribution in [3.8, 4) is 11.5 Å². The number of nitrogens with zero attached hydrogens (tertiary/aromatic N) is 2. The van der Waals surface area contributed by atoms with E-state index < -0.39 is 0 Å². The molecule has 0 fully saturated rings. The summed E-state index contributed by atoms with van der Waals surface area (Å²) in [5, 5.41) is 5.06. The van der Waals surface area contributed by atoms with Gasteiger partial charge in [0.1, 0.15) is 35.6 Å². The summed E-state index contributed by atoms with van der Waals surface area (Å²) in [7, 11) is 3.43. The Hall–Kier alpha value is -3.10. The average molecular weight is 697 g/mol. The fourth-order valence-electron chi connectivity index (χ4n) is 6.16. The normalized spacial score (nSPS) is 11.2. The van der Waals surface area contributed by atoms with E-state index in [4.69, 9.17) is 9.47 Å². The number of aromatic amines is 2. The number of rotatable bonds is 11. The van der Waals surface area contributed by atoms with Gasteiger partial charge < -0.3 is 53.4 Å². The molecule has 0 atom stereocenters. The van der Waals surface area contributed by atoms with Gasteiger partial charge in [0.15, 0.2) is 12.4 Å². The van der Waals surface area contributed by atoms with Crippen molar-refractivity contribution in [2.45, 2.75) is 65.5 Å². The van der Waals surface area contributed by atoms with E-state index in [1.54, 1.807) is 14.2 Å². The number of nitrogens with one attached hydrogen (secondary N) is 2. The first-order chi connectivity index (χ1) is 19.6. The van der Waals surface area contributed by atoms with Crippen LogP contribution in [0.15, 0.2) is 60.9 Å². The van der Waals surface area contributed by atoms with Crippen LogP contribution in [-0.2, 0) is 13.1 Å². The smallest absolute Gasteiger partial charge is 0.202 e. The summed E-state index contributed by atoms with van der Waals surface area (Å²) in [5.41, 5.74) is 7.31. The zero-order chi connectivity index (χ0) is 27.6. The predicted molar refractivity (Wildman–Crippen MR) is 162 cm³/mol. The summed E-state index contributed by atoms with van der Waals surface area (Å²) in [4.78, 5) is 7.23. The molecule has 0 saturated heterocycles. The summed E-state index contributed by atoms with van der Waals surface area (Å²) < 4.78 is 15.6. The number of pyridine rings is 2. The van der Waals surface area contributed by atoms with Crippen molar-refractivity contribution in [3.05, 3.63) is 72.3 Å². The number of H-pyrrole nitrogens is 2. The van der Waals surface area contributed by atoms with Crippen LogP contribution < -0.4 is 52.6 Å². The van der Waals surface area contributed by atoms with E-state index in [0.717, 1.165) is 35.6 Å². The second-order valence-electron chi connectivity index (χ2n) is 11.0. The molecular weight excluding hydrogens is 656 g/mol. The number of aryl methyl sites for hydroxylation is 4. The highest BCUT2D eigenvalue weighted by Crippen LogP contribution is 2.30. The summed E-state index contributed by atoms with van der Waals surface area (Å²) in [6, 6.07) is 17.0. The minimum atomic E-state index is 0. The van der Waals surface area contributed by atoms with Crippen LogP contribution in [0.5, 0.6) is 11.5 Å². The van der Waals surface area contributed by atoms with Gasteiger partial charge >= 0.3 is 0 Å². The second-order valence-corrected chi connectivity index (χ2v) is 11.0. The molecule has 42 heavy (non-hydrogen) atoms. The highest BCUT2D eigenvalue weighted by atomic mass is 79.9. The van der Waals surface area contributed by atoms with Gasteiger partial charge in [0.2, 0.25) is 11.4 Å². The summed E-state index contributed by atoms with van der Waals surface area (Å²) in [6.45, 7) is 6.56. The van der Waals surface area contributed by atoms with Gasteiger partial charge in [-0.05, 0) is 37.1 Å². The zero-order valence-electron chi connectivity index (χ0n) is 24.9. The molecule has 0 aliphatic rings. The third-order valence-electron chi connectivity index (χ3n) is 8.57. The molecule has 222 valence electrons. The number of methoxy groups -OCH3 is 2. The van der Waals surface area contributed by atoms with Crippen molar-refractivity contribution in [3.63, 3.8) is 0 Å². The number of halogens is 2. The van der Waals surface area contributed by atoms with Gasteiger partial charge in [-0.1, -0.05) is 12.8 Å². The molecule has 0 unspecified atom stereocenters. The van der Waals surface area contributed by atoms with E-state index in [0.29, 0.717) is 0 Å². The third kappa shape index (κ3) is 6.16. The Morgan fingerprint density at radius 2 is 0.952 bits per heavy atom. The van der Waals surface area contributed by atoms with Crippen LogP contribution in [0.2, 0.25) is 0 Å². The van der Waals surface area contributed by atoms with Gasteiger partial charge in [-0.15, -0.1) is 0 Å². The Bertz CT molecular complexity index is 1690. The number of hydrogen-bond donors (Lipinski definition) is 2. The van der Waals surface area contributed by atoms with E-state index in [9.17, 15) is 0 Å². The Morgan fingerprint density at radius 1 is 0.548 bits per heavy atom. The van der Waals surface area contributed by atoms with Crippen molar-refractivity contribution < 1.29 is 52.6 Å². The molecule has 0 spiro atoms. The van der Waals surface area contributed by atoms with Crippen LogP contribution in [0.1, 0.15) is 49.9 Å². The second kappa shape index (κ2) is 13.9.